The van der Waals surface area contributed by atoms with Crippen molar-refractivity contribution in [2.45, 2.75) is 24.8 Å². The van der Waals surface area contributed by atoms with Crippen LogP contribution in [0.2, 0.25) is 0 Å². The first kappa shape index (κ1) is 17.8. The summed E-state index contributed by atoms with van der Waals surface area (Å²) < 4.78 is 1.08. The molecule has 0 aliphatic carbocycles. The predicted molar refractivity (Wildman–Crippen MR) is 90.9 cm³/mol. The predicted octanol–water partition coefficient (Wildman–Crippen LogP) is 3.09. The number of nitrogens with zero attached hydrogens (tertiary/aromatic N) is 1. The van der Waals surface area contributed by atoms with E-state index in [0.29, 0.717) is 11.8 Å². The maximum atomic E-state index is 12.2. The molecule has 1 aliphatic rings. The summed E-state index contributed by atoms with van der Waals surface area (Å²) in [6, 6.07) is 6.47. The average molecular weight is 380 g/mol. The third kappa shape index (κ3) is 4.65. The molecule has 112 valence electrons. The molecule has 6 heteroatoms. The van der Waals surface area contributed by atoms with E-state index in [9.17, 15) is 4.79 Å². The molecule has 1 aromatic rings. The summed E-state index contributed by atoms with van der Waals surface area (Å²) in [6.45, 7) is 6.79. The third-order valence-electron chi connectivity index (χ3n) is 3.31. The normalized spacial score (nSPS) is 18.6. The van der Waals surface area contributed by atoms with Gasteiger partial charge in [-0.05, 0) is 37.6 Å². The Kier molecular flexibility index (Phi) is 7.37. The van der Waals surface area contributed by atoms with E-state index in [-0.39, 0.29) is 18.3 Å². The smallest absolute Gasteiger partial charge is 0.233 e. The van der Waals surface area contributed by atoms with Crippen molar-refractivity contribution >= 4 is 46.0 Å². The summed E-state index contributed by atoms with van der Waals surface area (Å²) in [5, 5.41) is 3.30. The molecule has 0 aromatic heterocycles. The summed E-state index contributed by atoms with van der Waals surface area (Å²) in [7, 11) is 0. The zero-order valence-electron chi connectivity index (χ0n) is 11.7. The average Bonchev–Trinajstić information content (AvgIpc) is 2.38. The van der Waals surface area contributed by atoms with Crippen molar-refractivity contribution in [2.24, 2.45) is 0 Å². The molecule has 0 bridgehead atoms. The van der Waals surface area contributed by atoms with Crippen LogP contribution >= 0.6 is 40.1 Å². The Hall–Kier alpha value is -0.230. The van der Waals surface area contributed by atoms with Gasteiger partial charge in [0.2, 0.25) is 5.91 Å². The van der Waals surface area contributed by atoms with E-state index in [0.717, 1.165) is 24.1 Å². The molecule has 0 unspecified atom stereocenters. The Bertz CT molecular complexity index is 472. The molecule has 2 rings (SSSR count). The number of piperazine rings is 1. The first-order valence-corrected chi connectivity index (χ1v) is 8.25. The van der Waals surface area contributed by atoms with E-state index < -0.39 is 0 Å². The molecule has 1 N–H and O–H groups in total. The molecule has 1 aliphatic heterocycles. The number of carbonyl (C=O) groups excluding carboxylic acids is 1. The minimum Gasteiger partial charge on any atom is -0.337 e. The van der Waals surface area contributed by atoms with Crippen LogP contribution in [0.4, 0.5) is 0 Å². The molecule has 20 heavy (non-hydrogen) atoms. The molecule has 3 nitrogen and oxygen atoms in total. The van der Waals surface area contributed by atoms with Crippen LogP contribution in [0.15, 0.2) is 27.6 Å². The van der Waals surface area contributed by atoms with E-state index in [2.05, 4.69) is 47.2 Å². The van der Waals surface area contributed by atoms with Gasteiger partial charge in [0.05, 0.1) is 5.75 Å². The second-order valence-corrected chi connectivity index (χ2v) is 6.77. The summed E-state index contributed by atoms with van der Waals surface area (Å²) in [5.41, 5.74) is 1.21. The minimum absolute atomic E-state index is 0. The monoisotopic (exact) mass is 378 g/mol. The van der Waals surface area contributed by atoms with E-state index >= 15 is 0 Å². The molecule has 1 aromatic carbocycles. The Morgan fingerprint density at radius 1 is 1.55 bits per heavy atom. The van der Waals surface area contributed by atoms with Crippen molar-refractivity contribution in [1.82, 2.24) is 10.2 Å². The lowest BCUT2D eigenvalue weighted by Gasteiger charge is -2.34. The fourth-order valence-corrected chi connectivity index (χ4v) is 3.58. The van der Waals surface area contributed by atoms with Crippen LogP contribution in [0.25, 0.3) is 0 Å². The second kappa shape index (κ2) is 8.27. The first-order chi connectivity index (χ1) is 9.08. The van der Waals surface area contributed by atoms with Crippen molar-refractivity contribution in [3.8, 4) is 0 Å². The van der Waals surface area contributed by atoms with E-state index in [1.807, 2.05) is 11.0 Å². The van der Waals surface area contributed by atoms with Gasteiger partial charge < -0.3 is 10.2 Å². The number of rotatable bonds is 3. The number of nitrogens with one attached hydrogen (secondary N) is 1. The lowest BCUT2D eigenvalue weighted by molar-refractivity contribution is -0.131. The number of thioether (sulfide) groups is 1. The molecule has 1 fully saturated rings. The van der Waals surface area contributed by atoms with Gasteiger partial charge in [0.25, 0.3) is 0 Å². The van der Waals surface area contributed by atoms with Gasteiger partial charge in [0, 0.05) is 35.0 Å². The molecule has 1 saturated heterocycles. The van der Waals surface area contributed by atoms with Gasteiger partial charge in [-0.3, -0.25) is 4.79 Å². The van der Waals surface area contributed by atoms with E-state index in [1.165, 1.54) is 10.5 Å². The highest BCUT2D eigenvalue weighted by Gasteiger charge is 2.22. The topological polar surface area (TPSA) is 32.3 Å². The summed E-state index contributed by atoms with van der Waals surface area (Å²) in [5.74, 6) is 0.758. The molecular formula is C14H20BrClN2OS. The number of hydrogen-bond donors (Lipinski definition) is 1. The maximum absolute atomic E-state index is 12.2. The second-order valence-electron chi connectivity index (χ2n) is 4.84. The van der Waals surface area contributed by atoms with Gasteiger partial charge in [0.1, 0.15) is 0 Å². The van der Waals surface area contributed by atoms with Crippen LogP contribution in [-0.2, 0) is 4.79 Å². The maximum Gasteiger partial charge on any atom is 0.233 e. The summed E-state index contributed by atoms with van der Waals surface area (Å²) >= 11 is 5.08. The Labute approximate surface area is 139 Å². The van der Waals surface area contributed by atoms with Crippen molar-refractivity contribution < 1.29 is 4.79 Å². The Morgan fingerprint density at radius 2 is 2.30 bits per heavy atom. The van der Waals surface area contributed by atoms with Gasteiger partial charge in [-0.15, -0.1) is 24.2 Å². The zero-order valence-corrected chi connectivity index (χ0v) is 14.9. The molecule has 1 heterocycles. The number of aryl methyl sites for hydroxylation is 1. The van der Waals surface area contributed by atoms with Crippen molar-refractivity contribution in [2.75, 3.05) is 25.4 Å². The number of benzene rings is 1. The Morgan fingerprint density at radius 3 is 2.95 bits per heavy atom. The van der Waals surface area contributed by atoms with Crippen LogP contribution < -0.4 is 5.32 Å². The molecule has 1 amide bonds. The zero-order chi connectivity index (χ0) is 13.8. The minimum atomic E-state index is 0. The SMILES string of the molecule is Cc1cc(Br)ccc1SCC(=O)N1CCNC[C@H]1C.Cl. The van der Waals surface area contributed by atoms with Crippen LogP contribution in [0.5, 0.6) is 0 Å². The number of carbonyl (C=O) groups is 1. The molecule has 0 spiro atoms. The lowest BCUT2D eigenvalue weighted by atomic mass is 10.2. The molecule has 1 atom stereocenters. The van der Waals surface area contributed by atoms with Gasteiger partial charge in [-0.2, -0.15) is 0 Å². The van der Waals surface area contributed by atoms with E-state index in [4.69, 9.17) is 0 Å². The van der Waals surface area contributed by atoms with Crippen molar-refractivity contribution in [3.63, 3.8) is 0 Å². The van der Waals surface area contributed by atoms with Crippen molar-refractivity contribution in [3.05, 3.63) is 28.2 Å². The number of amides is 1. The van der Waals surface area contributed by atoms with Crippen LogP contribution in [0, 0.1) is 6.92 Å². The van der Waals surface area contributed by atoms with Crippen LogP contribution in [0.1, 0.15) is 12.5 Å². The summed E-state index contributed by atoms with van der Waals surface area (Å²) in [6.07, 6.45) is 0. The van der Waals surface area contributed by atoms with Crippen LogP contribution in [-0.4, -0.2) is 42.2 Å². The van der Waals surface area contributed by atoms with E-state index in [1.54, 1.807) is 11.8 Å². The molecular weight excluding hydrogens is 360 g/mol. The van der Waals surface area contributed by atoms with Gasteiger partial charge >= 0.3 is 0 Å². The highest BCUT2D eigenvalue weighted by molar-refractivity contribution is 9.10. The Balaban J connectivity index is 0.00000200. The van der Waals surface area contributed by atoms with Crippen LogP contribution in [0.3, 0.4) is 0 Å². The standard InChI is InChI=1S/C14H19BrN2OS.ClH/c1-10-7-12(15)3-4-13(10)19-9-14(18)17-6-5-16-8-11(17)2;/h3-4,7,11,16H,5-6,8-9H2,1-2H3;1H/t11-;/m1./s1. The molecule has 0 saturated carbocycles. The largest absolute Gasteiger partial charge is 0.337 e. The first-order valence-electron chi connectivity index (χ1n) is 6.47. The number of hydrogen-bond acceptors (Lipinski definition) is 3. The van der Waals surface area contributed by atoms with Gasteiger partial charge in [0.15, 0.2) is 0 Å². The third-order valence-corrected chi connectivity index (χ3v) is 4.96. The summed E-state index contributed by atoms with van der Waals surface area (Å²) in [4.78, 5) is 15.4. The lowest BCUT2D eigenvalue weighted by Crippen LogP contribution is -2.52. The van der Waals surface area contributed by atoms with Gasteiger partial charge in [-0.1, -0.05) is 15.9 Å². The number of halogens is 2. The molecule has 0 radical (unpaired) electrons. The fourth-order valence-electron chi connectivity index (χ4n) is 2.21. The van der Waals surface area contributed by atoms with Gasteiger partial charge in [-0.25, -0.2) is 0 Å². The highest BCUT2D eigenvalue weighted by atomic mass is 79.9. The van der Waals surface area contributed by atoms with Crippen molar-refractivity contribution in [1.29, 1.82) is 0 Å². The fraction of sp³-hybridized carbons (Fsp3) is 0.500. The highest BCUT2D eigenvalue weighted by Crippen LogP contribution is 2.25. The quantitative estimate of drug-likeness (QED) is 0.819.